The van der Waals surface area contributed by atoms with Crippen molar-refractivity contribution in [1.82, 2.24) is 10.2 Å². The Balaban J connectivity index is 1.67. The average Bonchev–Trinajstić information content (AvgIpc) is 3.26. The molecule has 1 aromatic heterocycles. The fraction of sp³-hybridized carbons (Fsp3) is 0.556. The van der Waals surface area contributed by atoms with Crippen molar-refractivity contribution in [3.8, 4) is 11.5 Å². The first kappa shape index (κ1) is 16.6. The van der Waals surface area contributed by atoms with Gasteiger partial charge in [-0.15, -0.1) is 10.2 Å². The highest BCUT2D eigenvalue weighted by Gasteiger charge is 2.51. The SMILES string of the molecule is COc1ccc2c(c1)OCC1(CO)CN(c3nnc(C(C)C)s3)CC21. The molecule has 2 unspecified atom stereocenters. The number of aliphatic hydroxyl groups is 1. The molecule has 0 spiro atoms. The first-order valence-electron chi connectivity index (χ1n) is 8.56. The van der Waals surface area contributed by atoms with Crippen molar-refractivity contribution in [2.45, 2.75) is 25.7 Å². The Morgan fingerprint density at radius 1 is 1.44 bits per heavy atom. The summed E-state index contributed by atoms with van der Waals surface area (Å²) in [4.78, 5) is 2.24. The molecule has 7 heteroatoms. The molecule has 0 radical (unpaired) electrons. The van der Waals surface area contributed by atoms with E-state index in [0.717, 1.165) is 40.3 Å². The summed E-state index contributed by atoms with van der Waals surface area (Å²) in [6.45, 7) is 6.39. The van der Waals surface area contributed by atoms with Gasteiger partial charge in [-0.1, -0.05) is 31.3 Å². The Hall–Kier alpha value is -1.86. The summed E-state index contributed by atoms with van der Waals surface area (Å²) in [5.74, 6) is 2.23. The fourth-order valence-electron chi connectivity index (χ4n) is 3.76. The lowest BCUT2D eigenvalue weighted by Gasteiger charge is -2.37. The molecule has 2 aromatic rings. The number of rotatable bonds is 4. The largest absolute Gasteiger partial charge is 0.497 e. The van der Waals surface area contributed by atoms with E-state index in [0.29, 0.717) is 12.5 Å². The molecule has 1 saturated heterocycles. The second-order valence-corrected chi connectivity index (χ2v) is 8.21. The summed E-state index contributed by atoms with van der Waals surface area (Å²) >= 11 is 1.64. The van der Waals surface area contributed by atoms with Gasteiger partial charge in [-0.2, -0.15) is 0 Å². The van der Waals surface area contributed by atoms with Crippen molar-refractivity contribution in [1.29, 1.82) is 0 Å². The molecule has 1 fully saturated rings. The van der Waals surface area contributed by atoms with Gasteiger partial charge in [-0.3, -0.25) is 0 Å². The lowest BCUT2D eigenvalue weighted by atomic mass is 9.74. The van der Waals surface area contributed by atoms with E-state index >= 15 is 0 Å². The molecule has 1 N–H and O–H groups in total. The Morgan fingerprint density at radius 2 is 2.28 bits per heavy atom. The van der Waals surface area contributed by atoms with E-state index < -0.39 is 0 Å². The molecule has 2 atom stereocenters. The Morgan fingerprint density at radius 3 is 2.96 bits per heavy atom. The highest BCUT2D eigenvalue weighted by atomic mass is 32.1. The van der Waals surface area contributed by atoms with Crippen molar-refractivity contribution in [2.75, 3.05) is 38.3 Å². The molecule has 0 amide bonds. The number of hydrogen-bond acceptors (Lipinski definition) is 7. The van der Waals surface area contributed by atoms with E-state index in [9.17, 15) is 5.11 Å². The summed E-state index contributed by atoms with van der Waals surface area (Å²) in [6.07, 6.45) is 0. The predicted octanol–water partition coefficient (Wildman–Crippen LogP) is 2.65. The van der Waals surface area contributed by atoms with Crippen LogP contribution in [0, 0.1) is 5.41 Å². The third-order valence-electron chi connectivity index (χ3n) is 5.27. The topological polar surface area (TPSA) is 67.7 Å². The van der Waals surface area contributed by atoms with Crippen molar-refractivity contribution in [3.63, 3.8) is 0 Å². The van der Waals surface area contributed by atoms with E-state index in [4.69, 9.17) is 9.47 Å². The van der Waals surface area contributed by atoms with Crippen LogP contribution in [0.15, 0.2) is 18.2 Å². The van der Waals surface area contributed by atoms with E-state index in [1.165, 1.54) is 0 Å². The molecule has 2 aliphatic heterocycles. The summed E-state index contributed by atoms with van der Waals surface area (Å²) in [5.41, 5.74) is 0.836. The van der Waals surface area contributed by atoms with Gasteiger partial charge in [0.2, 0.25) is 5.13 Å². The number of methoxy groups -OCH3 is 1. The minimum atomic E-state index is -0.300. The average molecular weight is 361 g/mol. The molecular weight excluding hydrogens is 338 g/mol. The normalized spacial score (nSPS) is 24.8. The van der Waals surface area contributed by atoms with Gasteiger partial charge in [0.1, 0.15) is 16.5 Å². The maximum atomic E-state index is 10.2. The minimum absolute atomic E-state index is 0.0927. The van der Waals surface area contributed by atoms with E-state index in [1.54, 1.807) is 18.4 Å². The summed E-state index contributed by atoms with van der Waals surface area (Å²) in [5, 5.41) is 20.8. The zero-order valence-corrected chi connectivity index (χ0v) is 15.5. The molecule has 2 aliphatic rings. The molecule has 134 valence electrons. The van der Waals surface area contributed by atoms with Crippen LogP contribution in [0.2, 0.25) is 0 Å². The second-order valence-electron chi connectivity index (χ2n) is 7.22. The number of nitrogens with zero attached hydrogens (tertiary/aromatic N) is 3. The number of anilines is 1. The lowest BCUT2D eigenvalue weighted by Crippen LogP contribution is -2.42. The van der Waals surface area contributed by atoms with Crippen LogP contribution in [0.5, 0.6) is 11.5 Å². The first-order chi connectivity index (χ1) is 12.1. The molecule has 0 bridgehead atoms. The van der Waals surface area contributed by atoms with Gasteiger partial charge >= 0.3 is 0 Å². The monoisotopic (exact) mass is 361 g/mol. The van der Waals surface area contributed by atoms with E-state index in [1.807, 2.05) is 12.1 Å². The highest BCUT2D eigenvalue weighted by Crippen LogP contribution is 2.51. The van der Waals surface area contributed by atoms with Gasteiger partial charge in [-0.25, -0.2) is 0 Å². The molecule has 0 saturated carbocycles. The number of hydrogen-bond donors (Lipinski definition) is 1. The number of aromatic nitrogens is 2. The third-order valence-corrected chi connectivity index (χ3v) is 6.55. The molecular formula is C18H23N3O3S. The second kappa shape index (κ2) is 6.14. The number of aliphatic hydroxyl groups excluding tert-OH is 1. The van der Waals surface area contributed by atoms with Gasteiger partial charge in [0, 0.05) is 36.6 Å². The van der Waals surface area contributed by atoms with E-state index in [-0.39, 0.29) is 17.9 Å². The van der Waals surface area contributed by atoms with Crippen LogP contribution in [0.1, 0.15) is 36.3 Å². The van der Waals surface area contributed by atoms with Crippen LogP contribution < -0.4 is 14.4 Å². The fourth-order valence-corrected chi connectivity index (χ4v) is 4.61. The molecule has 6 nitrogen and oxygen atoms in total. The number of ether oxygens (including phenoxy) is 2. The van der Waals surface area contributed by atoms with Crippen molar-refractivity contribution in [3.05, 3.63) is 28.8 Å². The van der Waals surface area contributed by atoms with Crippen LogP contribution in [0.25, 0.3) is 0 Å². The Labute approximate surface area is 151 Å². The maximum Gasteiger partial charge on any atom is 0.208 e. The number of fused-ring (bicyclic) bond motifs is 3. The van der Waals surface area contributed by atoms with Crippen molar-refractivity contribution in [2.24, 2.45) is 5.41 Å². The Bertz CT molecular complexity index is 779. The smallest absolute Gasteiger partial charge is 0.208 e. The molecule has 0 aliphatic carbocycles. The molecule has 25 heavy (non-hydrogen) atoms. The standard InChI is InChI=1S/C18H23N3O3S/c1-11(2)16-19-20-17(25-16)21-7-14-13-5-4-12(23-3)6-15(13)24-10-18(14,8-21)9-22/h4-6,11,14,22H,7-10H2,1-3H3. The van der Waals surface area contributed by atoms with E-state index in [2.05, 4.69) is 35.0 Å². The third kappa shape index (κ3) is 2.66. The number of benzene rings is 1. The molecule has 4 rings (SSSR count). The van der Waals surface area contributed by atoms with Gasteiger partial charge in [0.15, 0.2) is 0 Å². The summed E-state index contributed by atoms with van der Waals surface area (Å²) < 4.78 is 11.3. The predicted molar refractivity (Wildman–Crippen MR) is 97.0 cm³/mol. The first-order valence-corrected chi connectivity index (χ1v) is 9.38. The summed E-state index contributed by atoms with van der Waals surface area (Å²) in [7, 11) is 1.65. The minimum Gasteiger partial charge on any atom is -0.497 e. The molecule has 1 aromatic carbocycles. The van der Waals surface area contributed by atoms with Gasteiger partial charge in [-0.05, 0) is 6.07 Å². The van der Waals surface area contributed by atoms with Crippen molar-refractivity contribution < 1.29 is 14.6 Å². The summed E-state index contributed by atoms with van der Waals surface area (Å²) in [6, 6.07) is 5.95. The Kier molecular flexibility index (Phi) is 4.08. The van der Waals surface area contributed by atoms with Crippen molar-refractivity contribution >= 4 is 16.5 Å². The van der Waals surface area contributed by atoms with Gasteiger partial charge in [0.05, 0.1) is 25.7 Å². The molecule has 3 heterocycles. The zero-order chi connectivity index (χ0) is 17.6. The van der Waals surface area contributed by atoms with Crippen LogP contribution in [0.4, 0.5) is 5.13 Å². The zero-order valence-electron chi connectivity index (χ0n) is 14.7. The van der Waals surface area contributed by atoms with Gasteiger partial charge < -0.3 is 19.5 Å². The van der Waals surface area contributed by atoms with Crippen LogP contribution in [-0.4, -0.2) is 48.7 Å². The van der Waals surface area contributed by atoms with Gasteiger partial charge in [0.25, 0.3) is 0 Å². The van der Waals surface area contributed by atoms with Crippen LogP contribution in [0.3, 0.4) is 0 Å². The van der Waals surface area contributed by atoms with Crippen LogP contribution >= 0.6 is 11.3 Å². The maximum absolute atomic E-state index is 10.2. The quantitative estimate of drug-likeness (QED) is 0.903. The van der Waals surface area contributed by atoms with Crippen LogP contribution in [-0.2, 0) is 0 Å². The highest BCUT2D eigenvalue weighted by molar-refractivity contribution is 7.15. The lowest BCUT2D eigenvalue weighted by molar-refractivity contribution is 0.0533.